The Morgan fingerprint density at radius 1 is 1.23 bits per heavy atom. The lowest BCUT2D eigenvalue weighted by atomic mass is 9.92. The SMILES string of the molecule is COCC(=O)N1CCC(Cc2cnc(-c3c(C)nn(C)c3C)cn2)CC1. The van der Waals surface area contributed by atoms with Crippen LogP contribution in [0.3, 0.4) is 0 Å². The number of amides is 1. The summed E-state index contributed by atoms with van der Waals surface area (Å²) in [5.41, 5.74) is 5.01. The third-order valence-corrected chi connectivity index (χ3v) is 5.20. The quantitative estimate of drug-likeness (QED) is 0.817. The van der Waals surface area contributed by atoms with E-state index >= 15 is 0 Å². The van der Waals surface area contributed by atoms with Gasteiger partial charge < -0.3 is 9.64 Å². The highest BCUT2D eigenvalue weighted by Gasteiger charge is 2.23. The average molecular weight is 357 g/mol. The van der Waals surface area contributed by atoms with Crippen LogP contribution in [0, 0.1) is 19.8 Å². The van der Waals surface area contributed by atoms with Crippen LogP contribution in [0.25, 0.3) is 11.3 Å². The summed E-state index contributed by atoms with van der Waals surface area (Å²) in [6.07, 6.45) is 6.64. The zero-order chi connectivity index (χ0) is 18.7. The first kappa shape index (κ1) is 18.5. The predicted octanol–water partition coefficient (Wildman–Crippen LogP) is 1.92. The molecule has 140 valence electrons. The molecule has 1 aliphatic heterocycles. The molecule has 3 heterocycles. The number of ether oxygens (including phenoxy) is 1. The van der Waals surface area contributed by atoms with Crippen molar-refractivity contribution in [1.82, 2.24) is 24.6 Å². The third-order valence-electron chi connectivity index (χ3n) is 5.20. The molecular weight excluding hydrogens is 330 g/mol. The van der Waals surface area contributed by atoms with Crippen molar-refractivity contribution in [2.45, 2.75) is 33.1 Å². The molecule has 1 aliphatic rings. The number of likely N-dealkylation sites (tertiary alicyclic amines) is 1. The van der Waals surface area contributed by atoms with E-state index in [-0.39, 0.29) is 12.5 Å². The number of methoxy groups -OCH3 is 1. The second kappa shape index (κ2) is 7.95. The van der Waals surface area contributed by atoms with Crippen LogP contribution in [0.4, 0.5) is 0 Å². The number of nitrogens with zero attached hydrogens (tertiary/aromatic N) is 5. The summed E-state index contributed by atoms with van der Waals surface area (Å²) in [6, 6.07) is 0. The van der Waals surface area contributed by atoms with E-state index in [1.807, 2.05) is 42.9 Å². The van der Waals surface area contributed by atoms with Gasteiger partial charge in [0.05, 0.1) is 23.3 Å². The number of hydrogen-bond donors (Lipinski definition) is 0. The van der Waals surface area contributed by atoms with Gasteiger partial charge in [-0.1, -0.05) is 0 Å². The van der Waals surface area contributed by atoms with Gasteiger partial charge in [-0.15, -0.1) is 0 Å². The first-order chi connectivity index (χ1) is 12.5. The molecule has 0 atom stereocenters. The van der Waals surface area contributed by atoms with Crippen molar-refractivity contribution in [3.05, 3.63) is 29.5 Å². The Labute approximate surface area is 154 Å². The number of piperidine rings is 1. The Bertz CT molecular complexity index is 761. The lowest BCUT2D eigenvalue weighted by Gasteiger charge is -2.31. The molecule has 2 aromatic rings. The van der Waals surface area contributed by atoms with Gasteiger partial charge in [0, 0.05) is 44.7 Å². The number of aryl methyl sites for hydroxylation is 2. The van der Waals surface area contributed by atoms with Crippen molar-refractivity contribution in [2.75, 3.05) is 26.8 Å². The fourth-order valence-corrected chi connectivity index (χ4v) is 3.63. The lowest BCUT2D eigenvalue weighted by molar-refractivity contribution is -0.136. The van der Waals surface area contributed by atoms with E-state index in [2.05, 4.69) is 15.1 Å². The number of rotatable bonds is 5. The van der Waals surface area contributed by atoms with Crippen molar-refractivity contribution in [3.8, 4) is 11.3 Å². The molecule has 0 N–H and O–H groups in total. The van der Waals surface area contributed by atoms with Gasteiger partial charge >= 0.3 is 0 Å². The normalized spacial score (nSPS) is 15.5. The zero-order valence-electron chi connectivity index (χ0n) is 16.0. The van der Waals surface area contributed by atoms with E-state index in [9.17, 15) is 4.79 Å². The standard InChI is InChI=1S/C19H27N5O2/c1-13-19(14(2)23(3)22-13)17-11-20-16(10-21-17)9-15-5-7-24(8-6-15)18(25)12-26-4/h10-11,15H,5-9,12H2,1-4H3. The minimum absolute atomic E-state index is 0.0808. The van der Waals surface area contributed by atoms with E-state index in [4.69, 9.17) is 4.74 Å². The minimum atomic E-state index is 0.0808. The first-order valence-electron chi connectivity index (χ1n) is 9.07. The highest BCUT2D eigenvalue weighted by atomic mass is 16.5. The maximum atomic E-state index is 11.9. The number of carbonyl (C=O) groups is 1. The average Bonchev–Trinajstić information content (AvgIpc) is 2.89. The maximum absolute atomic E-state index is 11.9. The highest BCUT2D eigenvalue weighted by Crippen LogP contribution is 2.25. The van der Waals surface area contributed by atoms with Gasteiger partial charge in [0.25, 0.3) is 0 Å². The van der Waals surface area contributed by atoms with E-state index in [1.165, 1.54) is 0 Å². The molecule has 0 aromatic carbocycles. The van der Waals surface area contributed by atoms with Crippen LogP contribution in [0.1, 0.15) is 29.9 Å². The van der Waals surface area contributed by atoms with Crippen LogP contribution in [0.15, 0.2) is 12.4 Å². The molecule has 7 nitrogen and oxygen atoms in total. The van der Waals surface area contributed by atoms with Gasteiger partial charge in [0.1, 0.15) is 6.61 Å². The molecule has 0 spiro atoms. The van der Waals surface area contributed by atoms with Crippen LogP contribution in [0.5, 0.6) is 0 Å². The van der Waals surface area contributed by atoms with Crippen molar-refractivity contribution in [2.24, 2.45) is 13.0 Å². The molecule has 0 saturated carbocycles. The summed E-state index contributed by atoms with van der Waals surface area (Å²) in [5.74, 6) is 0.626. The highest BCUT2D eigenvalue weighted by molar-refractivity contribution is 5.77. The van der Waals surface area contributed by atoms with E-state index < -0.39 is 0 Å². The van der Waals surface area contributed by atoms with Gasteiger partial charge in [-0.2, -0.15) is 5.10 Å². The molecule has 0 radical (unpaired) electrons. The number of hydrogen-bond acceptors (Lipinski definition) is 5. The van der Waals surface area contributed by atoms with Gasteiger partial charge in [0.15, 0.2) is 0 Å². The van der Waals surface area contributed by atoms with Gasteiger partial charge in [-0.3, -0.25) is 19.4 Å². The molecule has 1 amide bonds. The van der Waals surface area contributed by atoms with Gasteiger partial charge in [-0.05, 0) is 39.0 Å². The Morgan fingerprint density at radius 2 is 1.96 bits per heavy atom. The summed E-state index contributed by atoms with van der Waals surface area (Å²) in [5, 5.41) is 4.45. The molecule has 3 rings (SSSR count). The van der Waals surface area contributed by atoms with Crippen molar-refractivity contribution in [3.63, 3.8) is 0 Å². The van der Waals surface area contributed by atoms with Crippen molar-refractivity contribution in [1.29, 1.82) is 0 Å². The fraction of sp³-hybridized carbons (Fsp3) is 0.579. The minimum Gasteiger partial charge on any atom is -0.375 e. The molecular formula is C19H27N5O2. The van der Waals surface area contributed by atoms with Crippen molar-refractivity contribution >= 4 is 5.91 Å². The first-order valence-corrected chi connectivity index (χ1v) is 9.07. The summed E-state index contributed by atoms with van der Waals surface area (Å²) >= 11 is 0. The van der Waals surface area contributed by atoms with Gasteiger partial charge in [-0.25, -0.2) is 0 Å². The van der Waals surface area contributed by atoms with E-state index in [1.54, 1.807) is 7.11 Å². The molecule has 1 saturated heterocycles. The second-order valence-electron chi connectivity index (χ2n) is 7.02. The van der Waals surface area contributed by atoms with Crippen molar-refractivity contribution < 1.29 is 9.53 Å². The third kappa shape index (κ3) is 3.93. The van der Waals surface area contributed by atoms with E-state index in [0.717, 1.165) is 60.7 Å². The van der Waals surface area contributed by atoms with Crippen LogP contribution in [-0.2, 0) is 23.0 Å². The maximum Gasteiger partial charge on any atom is 0.248 e. The molecule has 0 unspecified atom stereocenters. The zero-order valence-corrected chi connectivity index (χ0v) is 16.0. The van der Waals surface area contributed by atoms with Gasteiger partial charge in [0.2, 0.25) is 5.91 Å². The Kier molecular flexibility index (Phi) is 5.66. The molecule has 26 heavy (non-hydrogen) atoms. The second-order valence-corrected chi connectivity index (χ2v) is 7.02. The topological polar surface area (TPSA) is 73.1 Å². The molecule has 1 fully saturated rings. The number of aromatic nitrogens is 4. The Hall–Kier alpha value is -2.28. The fourth-order valence-electron chi connectivity index (χ4n) is 3.63. The summed E-state index contributed by atoms with van der Waals surface area (Å²) in [6.45, 7) is 5.81. The largest absolute Gasteiger partial charge is 0.375 e. The predicted molar refractivity (Wildman–Crippen MR) is 98.6 cm³/mol. The van der Waals surface area contributed by atoms with Crippen LogP contribution < -0.4 is 0 Å². The molecule has 2 aromatic heterocycles. The molecule has 0 bridgehead atoms. The molecule has 7 heteroatoms. The lowest BCUT2D eigenvalue weighted by Crippen LogP contribution is -2.40. The van der Waals surface area contributed by atoms with Crippen LogP contribution >= 0.6 is 0 Å². The summed E-state index contributed by atoms with van der Waals surface area (Å²) in [4.78, 5) is 23.0. The monoisotopic (exact) mass is 357 g/mol. The summed E-state index contributed by atoms with van der Waals surface area (Å²) in [7, 11) is 3.50. The number of carbonyl (C=O) groups excluding carboxylic acids is 1. The molecule has 0 aliphatic carbocycles. The van der Waals surface area contributed by atoms with Crippen LogP contribution in [-0.4, -0.2) is 57.4 Å². The Morgan fingerprint density at radius 3 is 2.50 bits per heavy atom. The van der Waals surface area contributed by atoms with Crippen LogP contribution in [0.2, 0.25) is 0 Å². The summed E-state index contributed by atoms with van der Waals surface area (Å²) < 4.78 is 6.80. The smallest absolute Gasteiger partial charge is 0.248 e. The Balaban J connectivity index is 1.60. The van der Waals surface area contributed by atoms with E-state index in [0.29, 0.717) is 5.92 Å².